The van der Waals surface area contributed by atoms with Gasteiger partial charge in [0.15, 0.2) is 0 Å². The molecule has 0 spiro atoms. The van der Waals surface area contributed by atoms with Crippen LogP contribution in [0.4, 0.5) is 4.39 Å². The van der Waals surface area contributed by atoms with E-state index in [0.717, 1.165) is 7.11 Å². The van der Waals surface area contributed by atoms with Crippen LogP contribution in [0.5, 0.6) is 0 Å². The highest BCUT2D eigenvalue weighted by Gasteiger charge is 2.36. The molecule has 6 heteroatoms. The van der Waals surface area contributed by atoms with Crippen LogP contribution in [0.1, 0.15) is 25.0 Å². The molecule has 0 atom stereocenters. The molecule has 1 rings (SSSR count). The van der Waals surface area contributed by atoms with Gasteiger partial charge in [0.2, 0.25) is 0 Å². The Morgan fingerprint density at radius 3 is 2.41 bits per heavy atom. The van der Waals surface area contributed by atoms with Gasteiger partial charge in [-0.2, -0.15) is 8.42 Å². The van der Waals surface area contributed by atoms with E-state index >= 15 is 0 Å². The molecule has 0 bridgehead atoms. The lowest BCUT2D eigenvalue weighted by molar-refractivity contribution is 0.372. The fourth-order valence-electron chi connectivity index (χ4n) is 1.38. The van der Waals surface area contributed by atoms with Crippen molar-refractivity contribution in [1.29, 1.82) is 0 Å². The highest BCUT2D eigenvalue weighted by atomic mass is 79.9. The van der Waals surface area contributed by atoms with Crippen LogP contribution < -0.4 is 0 Å². The maximum atomic E-state index is 13.6. The Hall–Kier alpha value is -0.460. The van der Waals surface area contributed by atoms with Crippen LogP contribution in [-0.4, -0.2) is 15.5 Å². The van der Waals surface area contributed by atoms with Crippen molar-refractivity contribution >= 4 is 26.0 Å². The predicted molar refractivity (Wildman–Crippen MR) is 68.0 cm³/mol. The van der Waals surface area contributed by atoms with Crippen molar-refractivity contribution in [2.24, 2.45) is 0 Å². The monoisotopic (exact) mass is 324 g/mol. The molecular weight excluding hydrogens is 311 g/mol. The Morgan fingerprint density at radius 2 is 2.00 bits per heavy atom. The van der Waals surface area contributed by atoms with Crippen LogP contribution in [0.15, 0.2) is 18.2 Å². The zero-order valence-corrected chi connectivity index (χ0v) is 12.2. The molecule has 0 aromatic heterocycles. The molecule has 3 nitrogen and oxygen atoms in total. The maximum absolute atomic E-state index is 13.6. The molecule has 1 aromatic rings. The Kier molecular flexibility index (Phi) is 4.33. The third kappa shape index (κ3) is 2.69. The Morgan fingerprint density at radius 1 is 1.41 bits per heavy atom. The number of hydrogen-bond acceptors (Lipinski definition) is 3. The van der Waals surface area contributed by atoms with Gasteiger partial charge in [-0.15, -0.1) is 0 Å². The lowest BCUT2D eigenvalue weighted by atomic mass is 10.0. The van der Waals surface area contributed by atoms with Crippen molar-refractivity contribution in [3.8, 4) is 0 Å². The Balaban J connectivity index is 3.30. The van der Waals surface area contributed by atoms with Gasteiger partial charge in [-0.3, -0.25) is 4.18 Å². The summed E-state index contributed by atoms with van der Waals surface area (Å²) in [6, 6.07) is 4.38. The zero-order valence-electron chi connectivity index (χ0n) is 9.83. The van der Waals surface area contributed by atoms with Crippen molar-refractivity contribution in [2.45, 2.75) is 23.9 Å². The van der Waals surface area contributed by atoms with Gasteiger partial charge in [0.1, 0.15) is 10.6 Å². The van der Waals surface area contributed by atoms with E-state index < -0.39 is 20.7 Å². The standard InChI is InChI=1S/C11H14BrFO3S/c1-11(2,17(14,15)16-3)9-5-4-8(7-12)10(13)6-9/h4-6H,7H2,1-3H3. The van der Waals surface area contributed by atoms with Crippen LogP contribution >= 0.6 is 15.9 Å². The summed E-state index contributed by atoms with van der Waals surface area (Å²) in [5, 5.41) is 0.385. The van der Waals surface area contributed by atoms with E-state index in [-0.39, 0.29) is 0 Å². The minimum atomic E-state index is -3.77. The number of rotatable bonds is 4. The van der Waals surface area contributed by atoms with Gasteiger partial charge >= 0.3 is 0 Å². The van der Waals surface area contributed by atoms with E-state index in [1.54, 1.807) is 12.1 Å². The highest BCUT2D eigenvalue weighted by Crippen LogP contribution is 2.31. The predicted octanol–water partition coefficient (Wildman–Crippen LogP) is 2.93. The maximum Gasteiger partial charge on any atom is 0.276 e. The van der Waals surface area contributed by atoms with Gasteiger partial charge in [-0.05, 0) is 31.0 Å². The van der Waals surface area contributed by atoms with E-state index in [1.165, 1.54) is 19.9 Å². The lowest BCUT2D eigenvalue weighted by Gasteiger charge is -2.23. The fourth-order valence-corrected chi connectivity index (χ4v) is 2.67. The molecule has 0 heterocycles. The van der Waals surface area contributed by atoms with Gasteiger partial charge in [-0.1, -0.05) is 28.1 Å². The molecule has 0 N–H and O–H groups in total. The molecule has 0 saturated carbocycles. The normalized spacial score (nSPS) is 12.8. The van der Waals surface area contributed by atoms with Crippen molar-refractivity contribution in [3.05, 3.63) is 35.1 Å². The second kappa shape index (κ2) is 5.04. The van der Waals surface area contributed by atoms with E-state index in [0.29, 0.717) is 16.5 Å². The average Bonchev–Trinajstić information content (AvgIpc) is 2.28. The average molecular weight is 325 g/mol. The van der Waals surface area contributed by atoms with Gasteiger partial charge in [0.05, 0.1) is 7.11 Å². The molecular formula is C11H14BrFO3S. The van der Waals surface area contributed by atoms with Gasteiger partial charge in [-0.25, -0.2) is 4.39 Å². The molecule has 96 valence electrons. The highest BCUT2D eigenvalue weighted by molar-refractivity contribution is 9.08. The van der Waals surface area contributed by atoms with E-state index in [4.69, 9.17) is 0 Å². The molecule has 0 aliphatic rings. The summed E-state index contributed by atoms with van der Waals surface area (Å²) in [5.41, 5.74) is 0.848. The second-order valence-corrected chi connectivity index (χ2v) is 6.89. The van der Waals surface area contributed by atoms with Crippen molar-refractivity contribution in [1.82, 2.24) is 0 Å². The van der Waals surface area contributed by atoms with Gasteiger partial charge in [0, 0.05) is 5.33 Å². The van der Waals surface area contributed by atoms with Crippen molar-refractivity contribution in [3.63, 3.8) is 0 Å². The fraction of sp³-hybridized carbons (Fsp3) is 0.455. The second-order valence-electron chi connectivity index (χ2n) is 4.07. The molecule has 17 heavy (non-hydrogen) atoms. The SMILES string of the molecule is COS(=O)(=O)C(C)(C)c1ccc(CBr)c(F)c1. The molecule has 0 aliphatic carbocycles. The number of alkyl halides is 1. The summed E-state index contributed by atoms with van der Waals surface area (Å²) in [7, 11) is -2.67. The first-order valence-electron chi connectivity index (χ1n) is 4.91. The van der Waals surface area contributed by atoms with Crippen LogP contribution in [0.25, 0.3) is 0 Å². The topological polar surface area (TPSA) is 43.4 Å². The minimum Gasteiger partial charge on any atom is -0.273 e. The smallest absolute Gasteiger partial charge is 0.273 e. The summed E-state index contributed by atoms with van der Waals surface area (Å²) in [4.78, 5) is 0. The van der Waals surface area contributed by atoms with E-state index in [2.05, 4.69) is 20.1 Å². The number of benzene rings is 1. The van der Waals surface area contributed by atoms with Crippen molar-refractivity contribution in [2.75, 3.05) is 7.11 Å². The van der Waals surface area contributed by atoms with Crippen LogP contribution in [0.3, 0.4) is 0 Å². The first-order chi connectivity index (χ1) is 7.76. The third-order valence-electron chi connectivity index (χ3n) is 2.74. The minimum absolute atomic E-state index is 0.363. The largest absolute Gasteiger partial charge is 0.276 e. The third-order valence-corrected chi connectivity index (χ3v) is 5.27. The summed E-state index contributed by atoms with van der Waals surface area (Å²) < 4.78 is 40.3. The van der Waals surface area contributed by atoms with Crippen LogP contribution in [0, 0.1) is 5.82 Å². The van der Waals surface area contributed by atoms with Gasteiger partial charge < -0.3 is 0 Å². The molecule has 0 amide bonds. The van der Waals surface area contributed by atoms with E-state index in [1.807, 2.05) is 0 Å². The summed E-state index contributed by atoms with van der Waals surface area (Å²) >= 11 is 3.15. The van der Waals surface area contributed by atoms with Gasteiger partial charge in [0.25, 0.3) is 10.1 Å². The first kappa shape index (κ1) is 14.6. The molecule has 0 aliphatic heterocycles. The van der Waals surface area contributed by atoms with Crippen LogP contribution in [0.2, 0.25) is 0 Å². The lowest BCUT2D eigenvalue weighted by Crippen LogP contribution is -2.30. The zero-order chi connectivity index (χ0) is 13.3. The van der Waals surface area contributed by atoms with E-state index in [9.17, 15) is 12.8 Å². The van der Waals surface area contributed by atoms with Crippen LogP contribution in [-0.2, 0) is 24.4 Å². The molecule has 0 radical (unpaired) electrons. The van der Waals surface area contributed by atoms with Crippen molar-refractivity contribution < 1.29 is 17.0 Å². The summed E-state index contributed by atoms with van der Waals surface area (Å²) in [5.74, 6) is -0.432. The first-order valence-corrected chi connectivity index (χ1v) is 7.44. The molecule has 0 fully saturated rings. The molecule has 1 aromatic carbocycles. The summed E-state index contributed by atoms with van der Waals surface area (Å²) in [6.07, 6.45) is 0. The molecule has 0 saturated heterocycles. The number of halogens is 2. The molecule has 0 unspecified atom stereocenters. The number of hydrogen-bond donors (Lipinski definition) is 0. The summed E-state index contributed by atoms with van der Waals surface area (Å²) in [6.45, 7) is 2.96. The Bertz CT molecular complexity index is 511. The Labute approximate surface area is 109 Å². The quantitative estimate of drug-likeness (QED) is 0.631.